The van der Waals surface area contributed by atoms with Crippen molar-refractivity contribution in [3.8, 4) is 16.9 Å². The van der Waals surface area contributed by atoms with Crippen LogP contribution in [-0.4, -0.2) is 27.6 Å². The van der Waals surface area contributed by atoms with Gasteiger partial charge in [0.25, 0.3) is 11.8 Å². The maximum Gasteiger partial charge on any atom is 0.322 e. The Morgan fingerprint density at radius 3 is 2.44 bits per heavy atom. The average molecular weight is 480 g/mol. The Kier molecular flexibility index (Phi) is 5.85. The molecule has 8 nitrogen and oxygen atoms in total. The van der Waals surface area contributed by atoms with Gasteiger partial charge < -0.3 is 10.6 Å². The first-order chi connectivity index (χ1) is 17.3. The van der Waals surface area contributed by atoms with Crippen molar-refractivity contribution in [2.24, 2.45) is 0 Å². The van der Waals surface area contributed by atoms with Crippen molar-refractivity contribution in [1.29, 1.82) is 0 Å². The van der Waals surface area contributed by atoms with Gasteiger partial charge in [-0.3, -0.25) is 14.9 Å². The molecular weight excluding hydrogens is 454 g/mol. The van der Waals surface area contributed by atoms with E-state index in [2.05, 4.69) is 16.0 Å². The van der Waals surface area contributed by atoms with Gasteiger partial charge in [-0.25, -0.2) is 9.48 Å². The third-order valence-corrected chi connectivity index (χ3v) is 6.31. The standard InChI is InChI=1S/C28H25N5O3/c1-18-11-13-22(14-12-18)33-17-23(24(32-33)20-8-4-3-5-9-20)25(34)29-16-19-7-6-10-21(15-19)28(2)26(35)30-27(36)31-28/h3-15,17H,16H2,1-2H3,(H,29,34)(H2,30,31,35,36). The first-order valence-corrected chi connectivity index (χ1v) is 11.6. The van der Waals surface area contributed by atoms with Crippen LogP contribution in [0.2, 0.25) is 0 Å². The lowest BCUT2D eigenvalue weighted by molar-refractivity contribution is -0.123. The van der Waals surface area contributed by atoms with Crippen molar-refractivity contribution in [3.63, 3.8) is 0 Å². The second-order valence-corrected chi connectivity index (χ2v) is 8.95. The number of urea groups is 1. The van der Waals surface area contributed by atoms with Gasteiger partial charge in [0.15, 0.2) is 0 Å². The zero-order valence-corrected chi connectivity index (χ0v) is 19.9. The molecule has 1 fully saturated rings. The topological polar surface area (TPSA) is 105 Å². The molecule has 0 radical (unpaired) electrons. The number of nitrogens with zero attached hydrogens (tertiary/aromatic N) is 2. The minimum atomic E-state index is -1.16. The zero-order valence-electron chi connectivity index (χ0n) is 19.9. The number of aromatic nitrogens is 2. The Bertz CT molecular complexity index is 1460. The molecule has 36 heavy (non-hydrogen) atoms. The number of carbonyl (C=O) groups excluding carboxylic acids is 3. The highest BCUT2D eigenvalue weighted by molar-refractivity contribution is 6.07. The van der Waals surface area contributed by atoms with Gasteiger partial charge in [0.05, 0.1) is 11.3 Å². The second-order valence-electron chi connectivity index (χ2n) is 8.95. The van der Waals surface area contributed by atoms with E-state index in [1.165, 1.54) is 0 Å². The number of hydrogen-bond acceptors (Lipinski definition) is 4. The van der Waals surface area contributed by atoms with Gasteiger partial charge in [0.1, 0.15) is 11.2 Å². The molecule has 5 rings (SSSR count). The van der Waals surface area contributed by atoms with Crippen molar-refractivity contribution < 1.29 is 14.4 Å². The number of carbonyl (C=O) groups is 3. The molecule has 4 aromatic rings. The molecule has 3 aromatic carbocycles. The smallest absolute Gasteiger partial charge is 0.322 e. The van der Waals surface area contributed by atoms with E-state index in [4.69, 9.17) is 5.10 Å². The summed E-state index contributed by atoms with van der Waals surface area (Å²) in [6, 6.07) is 24.2. The third-order valence-electron chi connectivity index (χ3n) is 6.31. The Morgan fingerprint density at radius 1 is 1.00 bits per heavy atom. The molecule has 2 heterocycles. The summed E-state index contributed by atoms with van der Waals surface area (Å²) < 4.78 is 1.71. The monoisotopic (exact) mass is 479 g/mol. The van der Waals surface area contributed by atoms with Crippen LogP contribution in [0, 0.1) is 6.92 Å². The third kappa shape index (κ3) is 4.36. The van der Waals surface area contributed by atoms with Crippen LogP contribution in [0.15, 0.2) is 85.1 Å². The first kappa shape index (κ1) is 23.0. The number of imide groups is 1. The molecule has 4 amide bonds. The molecule has 8 heteroatoms. The van der Waals surface area contributed by atoms with Gasteiger partial charge in [-0.05, 0) is 37.1 Å². The van der Waals surface area contributed by atoms with Crippen LogP contribution in [0.4, 0.5) is 4.79 Å². The summed E-state index contributed by atoms with van der Waals surface area (Å²) in [7, 11) is 0. The fourth-order valence-electron chi connectivity index (χ4n) is 4.20. The van der Waals surface area contributed by atoms with Gasteiger partial charge in [-0.1, -0.05) is 72.3 Å². The van der Waals surface area contributed by atoms with E-state index in [0.717, 1.165) is 22.4 Å². The summed E-state index contributed by atoms with van der Waals surface area (Å²) in [4.78, 5) is 37.3. The molecule has 1 unspecified atom stereocenters. The van der Waals surface area contributed by atoms with Crippen molar-refractivity contribution in [2.45, 2.75) is 25.9 Å². The van der Waals surface area contributed by atoms with Crippen LogP contribution in [0.5, 0.6) is 0 Å². The van der Waals surface area contributed by atoms with Gasteiger partial charge in [-0.2, -0.15) is 5.10 Å². The lowest BCUT2D eigenvalue weighted by Gasteiger charge is -2.21. The lowest BCUT2D eigenvalue weighted by Crippen LogP contribution is -2.40. The highest BCUT2D eigenvalue weighted by Gasteiger charge is 2.43. The van der Waals surface area contributed by atoms with E-state index in [-0.39, 0.29) is 12.5 Å². The number of benzene rings is 3. The predicted octanol–water partition coefficient (Wildman–Crippen LogP) is 3.83. The number of rotatable bonds is 6. The fraction of sp³-hybridized carbons (Fsp3) is 0.143. The first-order valence-electron chi connectivity index (χ1n) is 11.6. The minimum absolute atomic E-state index is 0.238. The molecular formula is C28H25N5O3. The fourth-order valence-corrected chi connectivity index (χ4v) is 4.20. The molecule has 0 saturated carbocycles. The molecule has 0 aliphatic carbocycles. The molecule has 1 aromatic heterocycles. The van der Waals surface area contributed by atoms with E-state index in [0.29, 0.717) is 16.8 Å². The second kappa shape index (κ2) is 9.14. The average Bonchev–Trinajstić information content (AvgIpc) is 3.45. The van der Waals surface area contributed by atoms with Crippen molar-refractivity contribution in [2.75, 3.05) is 0 Å². The number of nitrogens with one attached hydrogen (secondary N) is 3. The number of hydrogen-bond donors (Lipinski definition) is 3. The Balaban J connectivity index is 1.41. The molecule has 1 atom stereocenters. The van der Waals surface area contributed by atoms with Gasteiger partial charge >= 0.3 is 6.03 Å². The predicted molar refractivity (Wildman–Crippen MR) is 135 cm³/mol. The highest BCUT2D eigenvalue weighted by Crippen LogP contribution is 2.26. The van der Waals surface area contributed by atoms with E-state index >= 15 is 0 Å². The van der Waals surface area contributed by atoms with E-state index in [9.17, 15) is 14.4 Å². The number of amides is 4. The van der Waals surface area contributed by atoms with Crippen molar-refractivity contribution >= 4 is 17.8 Å². The molecule has 1 saturated heterocycles. The zero-order chi connectivity index (χ0) is 25.3. The summed E-state index contributed by atoms with van der Waals surface area (Å²) in [6.45, 7) is 3.91. The lowest BCUT2D eigenvalue weighted by atomic mass is 9.91. The van der Waals surface area contributed by atoms with Crippen LogP contribution in [0.25, 0.3) is 16.9 Å². The largest absolute Gasteiger partial charge is 0.348 e. The van der Waals surface area contributed by atoms with Crippen LogP contribution >= 0.6 is 0 Å². The molecule has 0 bridgehead atoms. The molecule has 0 spiro atoms. The Hall–Kier alpha value is -4.72. The van der Waals surface area contributed by atoms with E-state index in [1.54, 1.807) is 36.0 Å². The van der Waals surface area contributed by atoms with Crippen molar-refractivity contribution in [1.82, 2.24) is 25.7 Å². The number of aryl methyl sites for hydroxylation is 1. The van der Waals surface area contributed by atoms with Crippen LogP contribution in [0.1, 0.15) is 34.0 Å². The van der Waals surface area contributed by atoms with E-state index in [1.807, 2.05) is 67.6 Å². The van der Waals surface area contributed by atoms with E-state index < -0.39 is 17.5 Å². The summed E-state index contributed by atoms with van der Waals surface area (Å²) in [5.74, 6) is -0.680. The van der Waals surface area contributed by atoms with Gasteiger partial charge in [0.2, 0.25) is 0 Å². The van der Waals surface area contributed by atoms with Crippen molar-refractivity contribution in [3.05, 3.63) is 107 Å². The summed E-state index contributed by atoms with van der Waals surface area (Å²) >= 11 is 0. The van der Waals surface area contributed by atoms with Crippen LogP contribution in [0.3, 0.4) is 0 Å². The highest BCUT2D eigenvalue weighted by atomic mass is 16.2. The molecule has 1 aliphatic heterocycles. The molecule has 180 valence electrons. The molecule has 3 N–H and O–H groups in total. The maximum absolute atomic E-state index is 13.3. The van der Waals surface area contributed by atoms with Crippen LogP contribution < -0.4 is 16.0 Å². The maximum atomic E-state index is 13.3. The normalized spacial score (nSPS) is 16.9. The molecule has 1 aliphatic rings. The summed E-state index contributed by atoms with van der Waals surface area (Å²) in [6.07, 6.45) is 1.73. The Morgan fingerprint density at radius 2 is 1.75 bits per heavy atom. The Labute approximate surface area is 208 Å². The quantitative estimate of drug-likeness (QED) is 0.366. The SMILES string of the molecule is Cc1ccc(-n2cc(C(=O)NCc3cccc(C4(C)NC(=O)NC4=O)c3)c(-c3ccccc3)n2)cc1. The summed E-state index contributed by atoms with van der Waals surface area (Å²) in [5, 5.41) is 12.6. The van der Waals surface area contributed by atoms with Crippen LogP contribution in [-0.2, 0) is 16.9 Å². The summed E-state index contributed by atoms with van der Waals surface area (Å²) in [5.41, 5.74) is 4.14. The minimum Gasteiger partial charge on any atom is -0.348 e. The van der Waals surface area contributed by atoms with Gasteiger partial charge in [0, 0.05) is 18.3 Å². The van der Waals surface area contributed by atoms with Gasteiger partial charge in [-0.15, -0.1) is 0 Å².